The van der Waals surface area contributed by atoms with E-state index in [1.807, 2.05) is 0 Å². The Morgan fingerprint density at radius 3 is 2.90 bits per heavy atom. The molecule has 1 fully saturated rings. The number of hydrogen-bond acceptors (Lipinski definition) is 5. The fourth-order valence-corrected chi connectivity index (χ4v) is 2.06. The summed E-state index contributed by atoms with van der Waals surface area (Å²) in [6, 6.07) is 1.93. The number of aliphatic carboxylic acids is 1. The first kappa shape index (κ1) is 14.0. The topological polar surface area (TPSA) is 126 Å². The number of morpholine rings is 1. The van der Waals surface area contributed by atoms with Crippen LogP contribution in [-0.4, -0.2) is 57.6 Å². The third kappa shape index (κ3) is 2.94. The van der Waals surface area contributed by atoms with Gasteiger partial charge in [0.25, 0.3) is 5.91 Å². The minimum absolute atomic E-state index is 0.0639. The number of H-pyrrole nitrogens is 1. The molecular formula is C11H13N3O6. The highest BCUT2D eigenvalue weighted by Gasteiger charge is 2.31. The number of carboxylic acid groups (broad SMARTS) is 1. The normalized spacial score (nSPS) is 18.8. The van der Waals surface area contributed by atoms with Crippen molar-refractivity contribution in [2.45, 2.75) is 12.5 Å². The first-order chi connectivity index (χ1) is 9.49. The number of nitro groups is 1. The first-order valence-corrected chi connectivity index (χ1v) is 5.93. The van der Waals surface area contributed by atoms with Gasteiger partial charge in [0.05, 0.1) is 25.7 Å². The van der Waals surface area contributed by atoms with Crippen molar-refractivity contribution in [3.05, 3.63) is 27.9 Å². The van der Waals surface area contributed by atoms with Gasteiger partial charge in [-0.25, -0.2) is 4.98 Å². The third-order valence-electron chi connectivity index (χ3n) is 3.00. The molecule has 9 nitrogen and oxygen atoms in total. The van der Waals surface area contributed by atoms with Crippen LogP contribution in [0.15, 0.2) is 12.1 Å². The smallest absolute Gasteiger partial charge is 0.321 e. The quantitative estimate of drug-likeness (QED) is 0.602. The van der Waals surface area contributed by atoms with Crippen LogP contribution < -0.4 is 0 Å². The average molecular weight is 283 g/mol. The molecule has 0 spiro atoms. The molecule has 0 saturated carbocycles. The van der Waals surface area contributed by atoms with Gasteiger partial charge in [-0.3, -0.25) is 9.59 Å². The molecule has 108 valence electrons. The molecule has 2 rings (SSSR count). The number of rotatable bonds is 4. The molecule has 1 aliphatic heterocycles. The van der Waals surface area contributed by atoms with Crippen LogP contribution in [0.3, 0.4) is 0 Å². The molecule has 2 N–H and O–H groups in total. The van der Waals surface area contributed by atoms with Gasteiger partial charge in [0.2, 0.25) is 0 Å². The van der Waals surface area contributed by atoms with E-state index in [2.05, 4.69) is 4.98 Å². The zero-order valence-corrected chi connectivity index (χ0v) is 10.4. The van der Waals surface area contributed by atoms with Crippen molar-refractivity contribution in [3.63, 3.8) is 0 Å². The van der Waals surface area contributed by atoms with Gasteiger partial charge in [-0.05, 0) is 11.0 Å². The van der Waals surface area contributed by atoms with Crippen LogP contribution in [0.2, 0.25) is 0 Å². The molecule has 1 amide bonds. The second-order valence-corrected chi connectivity index (χ2v) is 4.34. The SMILES string of the molecule is O=C(O)CC1COCCN1C(=O)c1ccc([N+](=O)[O-])[nH]1. The number of carbonyl (C=O) groups is 2. The van der Waals surface area contributed by atoms with Crippen molar-refractivity contribution < 1.29 is 24.4 Å². The van der Waals surface area contributed by atoms with Crippen molar-refractivity contribution in [2.24, 2.45) is 0 Å². The van der Waals surface area contributed by atoms with Gasteiger partial charge in [0, 0.05) is 12.6 Å². The highest BCUT2D eigenvalue weighted by molar-refractivity contribution is 5.93. The fraction of sp³-hybridized carbons (Fsp3) is 0.455. The molecular weight excluding hydrogens is 270 g/mol. The summed E-state index contributed by atoms with van der Waals surface area (Å²) in [5.74, 6) is -1.78. The summed E-state index contributed by atoms with van der Waals surface area (Å²) in [5, 5.41) is 19.4. The molecule has 1 unspecified atom stereocenters. The summed E-state index contributed by atoms with van der Waals surface area (Å²) < 4.78 is 5.17. The van der Waals surface area contributed by atoms with E-state index < -0.39 is 22.8 Å². The number of amides is 1. The maximum absolute atomic E-state index is 12.3. The zero-order chi connectivity index (χ0) is 14.7. The minimum atomic E-state index is -1.03. The number of nitrogens with one attached hydrogen (secondary N) is 1. The zero-order valence-electron chi connectivity index (χ0n) is 10.4. The molecule has 0 aliphatic carbocycles. The molecule has 20 heavy (non-hydrogen) atoms. The van der Waals surface area contributed by atoms with Gasteiger partial charge in [0.1, 0.15) is 0 Å². The molecule has 2 heterocycles. The summed E-state index contributed by atoms with van der Waals surface area (Å²) in [7, 11) is 0. The molecule has 1 aromatic heterocycles. The van der Waals surface area contributed by atoms with E-state index in [-0.39, 0.29) is 31.1 Å². The number of carbonyl (C=O) groups excluding carboxylic acids is 1. The number of hydrogen-bond donors (Lipinski definition) is 2. The average Bonchev–Trinajstić information content (AvgIpc) is 2.87. The minimum Gasteiger partial charge on any atom is -0.481 e. The predicted octanol–water partition coefficient (Wildman–Crippen LogP) is 0.239. The van der Waals surface area contributed by atoms with Gasteiger partial charge >= 0.3 is 11.8 Å². The number of carboxylic acids is 1. The second-order valence-electron chi connectivity index (χ2n) is 4.34. The van der Waals surface area contributed by atoms with Crippen LogP contribution in [0, 0.1) is 10.1 Å². The first-order valence-electron chi connectivity index (χ1n) is 5.93. The summed E-state index contributed by atoms with van der Waals surface area (Å²) in [6.45, 7) is 0.703. The molecule has 1 aromatic rings. The molecule has 1 aliphatic rings. The van der Waals surface area contributed by atoms with Crippen molar-refractivity contribution in [1.82, 2.24) is 9.88 Å². The second kappa shape index (κ2) is 5.70. The molecule has 9 heteroatoms. The van der Waals surface area contributed by atoms with Crippen molar-refractivity contribution in [2.75, 3.05) is 19.8 Å². The van der Waals surface area contributed by atoms with Gasteiger partial charge in [-0.15, -0.1) is 0 Å². The number of nitrogens with zero attached hydrogens (tertiary/aromatic N) is 2. The van der Waals surface area contributed by atoms with E-state index >= 15 is 0 Å². The van der Waals surface area contributed by atoms with E-state index in [1.165, 1.54) is 17.0 Å². The van der Waals surface area contributed by atoms with Crippen molar-refractivity contribution in [3.8, 4) is 0 Å². The third-order valence-corrected chi connectivity index (χ3v) is 3.00. The lowest BCUT2D eigenvalue weighted by Gasteiger charge is -2.34. The Hall–Kier alpha value is -2.42. The lowest BCUT2D eigenvalue weighted by atomic mass is 10.1. The number of aromatic nitrogens is 1. The van der Waals surface area contributed by atoms with E-state index in [9.17, 15) is 19.7 Å². The summed E-state index contributed by atoms with van der Waals surface area (Å²) >= 11 is 0. The molecule has 1 saturated heterocycles. The predicted molar refractivity (Wildman–Crippen MR) is 65.3 cm³/mol. The standard InChI is InChI=1S/C11H13N3O6/c15-10(16)5-7-6-20-4-3-13(7)11(17)8-1-2-9(12-8)14(18)19/h1-2,7,12H,3-6H2,(H,15,16). The van der Waals surface area contributed by atoms with Crippen LogP contribution in [0.1, 0.15) is 16.9 Å². The van der Waals surface area contributed by atoms with Gasteiger partial charge in [-0.1, -0.05) is 0 Å². The van der Waals surface area contributed by atoms with Crippen LogP contribution in [0.4, 0.5) is 5.82 Å². The molecule has 0 radical (unpaired) electrons. The monoisotopic (exact) mass is 283 g/mol. The maximum atomic E-state index is 12.3. The summed E-state index contributed by atoms with van der Waals surface area (Å²) in [6.07, 6.45) is -0.228. The Balaban J connectivity index is 2.15. The Kier molecular flexibility index (Phi) is 3.99. The Morgan fingerprint density at radius 1 is 1.55 bits per heavy atom. The van der Waals surface area contributed by atoms with E-state index in [4.69, 9.17) is 9.84 Å². The molecule has 0 aromatic carbocycles. The highest BCUT2D eigenvalue weighted by Crippen LogP contribution is 2.17. The number of aromatic amines is 1. The summed E-state index contributed by atoms with van der Waals surface area (Å²) in [5.41, 5.74) is 0.0639. The number of ether oxygens (including phenoxy) is 1. The Bertz CT molecular complexity index is 540. The van der Waals surface area contributed by atoms with Crippen LogP contribution >= 0.6 is 0 Å². The molecule has 1 atom stereocenters. The van der Waals surface area contributed by atoms with Gasteiger partial charge in [0.15, 0.2) is 5.69 Å². The van der Waals surface area contributed by atoms with Gasteiger partial charge in [-0.2, -0.15) is 0 Å². The summed E-state index contributed by atoms with van der Waals surface area (Å²) in [4.78, 5) is 36.7. The lowest BCUT2D eigenvalue weighted by molar-refractivity contribution is -0.389. The van der Waals surface area contributed by atoms with Gasteiger partial charge < -0.3 is 24.9 Å². The van der Waals surface area contributed by atoms with E-state index in [0.717, 1.165) is 0 Å². The lowest BCUT2D eigenvalue weighted by Crippen LogP contribution is -2.49. The fourth-order valence-electron chi connectivity index (χ4n) is 2.06. The van der Waals surface area contributed by atoms with Crippen LogP contribution in [-0.2, 0) is 9.53 Å². The maximum Gasteiger partial charge on any atom is 0.321 e. The van der Waals surface area contributed by atoms with E-state index in [1.54, 1.807) is 0 Å². The largest absolute Gasteiger partial charge is 0.481 e. The van der Waals surface area contributed by atoms with Crippen LogP contribution in [0.25, 0.3) is 0 Å². The van der Waals surface area contributed by atoms with E-state index in [0.29, 0.717) is 6.61 Å². The van der Waals surface area contributed by atoms with Crippen molar-refractivity contribution >= 4 is 17.7 Å². The highest BCUT2D eigenvalue weighted by atomic mass is 16.6. The van der Waals surface area contributed by atoms with Crippen LogP contribution in [0.5, 0.6) is 0 Å². The van der Waals surface area contributed by atoms with Crippen molar-refractivity contribution in [1.29, 1.82) is 0 Å². The Labute approximate surface area is 113 Å². The Morgan fingerprint density at radius 2 is 2.30 bits per heavy atom. The molecule has 0 bridgehead atoms.